The summed E-state index contributed by atoms with van der Waals surface area (Å²) in [5, 5.41) is 3.23. The van der Waals surface area contributed by atoms with E-state index in [4.69, 9.17) is 22.1 Å². The maximum absolute atomic E-state index is 12.2. The molecule has 3 N–H and O–H groups in total. The van der Waals surface area contributed by atoms with Crippen molar-refractivity contribution in [1.29, 1.82) is 0 Å². The topological polar surface area (TPSA) is 64.3 Å². The second-order valence-electron chi connectivity index (χ2n) is 4.15. The Labute approximate surface area is 122 Å². The minimum Gasteiger partial charge on any atom is -0.494 e. The molecule has 0 atom stereocenters. The number of ether oxygens (including phenoxy) is 1. The Morgan fingerprint density at radius 1 is 1.30 bits per heavy atom. The SMILES string of the molecule is CCOc1cccc(NC(=O)c2cc(Cl)ccc2N)c1. The molecule has 0 saturated heterocycles. The van der Waals surface area contributed by atoms with E-state index >= 15 is 0 Å². The van der Waals surface area contributed by atoms with E-state index in [-0.39, 0.29) is 5.91 Å². The lowest BCUT2D eigenvalue weighted by molar-refractivity contribution is 0.102. The van der Waals surface area contributed by atoms with Crippen molar-refractivity contribution in [2.45, 2.75) is 6.92 Å². The molecule has 0 aliphatic rings. The van der Waals surface area contributed by atoms with Crippen LogP contribution in [0.15, 0.2) is 42.5 Å². The molecule has 0 aliphatic carbocycles. The average Bonchev–Trinajstić information content (AvgIpc) is 2.42. The molecule has 0 saturated carbocycles. The first kappa shape index (κ1) is 14.2. The molecule has 104 valence electrons. The van der Waals surface area contributed by atoms with Crippen LogP contribution in [0.4, 0.5) is 11.4 Å². The Kier molecular flexibility index (Phi) is 4.48. The van der Waals surface area contributed by atoms with Gasteiger partial charge in [0.15, 0.2) is 0 Å². The zero-order valence-corrected chi connectivity index (χ0v) is 11.8. The van der Waals surface area contributed by atoms with Crippen molar-refractivity contribution >= 4 is 28.9 Å². The number of nitrogen functional groups attached to an aromatic ring is 1. The lowest BCUT2D eigenvalue weighted by Crippen LogP contribution is -2.14. The van der Waals surface area contributed by atoms with Crippen LogP contribution in [0, 0.1) is 0 Å². The van der Waals surface area contributed by atoms with Gasteiger partial charge in [-0.3, -0.25) is 4.79 Å². The summed E-state index contributed by atoms with van der Waals surface area (Å²) in [6.45, 7) is 2.47. The molecule has 2 aromatic carbocycles. The molecule has 0 spiro atoms. The van der Waals surface area contributed by atoms with E-state index in [0.717, 1.165) is 0 Å². The Balaban J connectivity index is 2.19. The standard InChI is InChI=1S/C15H15ClN2O2/c1-2-20-12-5-3-4-11(9-12)18-15(19)13-8-10(16)6-7-14(13)17/h3-9H,2,17H2,1H3,(H,18,19). The van der Waals surface area contributed by atoms with Crippen LogP contribution >= 0.6 is 11.6 Å². The first-order chi connectivity index (χ1) is 9.60. The highest BCUT2D eigenvalue weighted by Crippen LogP contribution is 2.21. The number of hydrogen-bond donors (Lipinski definition) is 2. The molecule has 0 radical (unpaired) electrons. The summed E-state index contributed by atoms with van der Waals surface area (Å²) >= 11 is 5.87. The second-order valence-corrected chi connectivity index (χ2v) is 4.58. The lowest BCUT2D eigenvalue weighted by atomic mass is 10.1. The van der Waals surface area contributed by atoms with E-state index < -0.39 is 0 Å². The van der Waals surface area contributed by atoms with Gasteiger partial charge in [-0.15, -0.1) is 0 Å². The molecule has 0 aromatic heterocycles. The highest BCUT2D eigenvalue weighted by molar-refractivity contribution is 6.31. The number of amides is 1. The lowest BCUT2D eigenvalue weighted by Gasteiger charge is -2.09. The molecule has 0 unspecified atom stereocenters. The average molecular weight is 291 g/mol. The van der Waals surface area contributed by atoms with Gasteiger partial charge in [0, 0.05) is 22.5 Å². The number of nitrogens with two attached hydrogens (primary N) is 1. The van der Waals surface area contributed by atoms with Crippen molar-refractivity contribution in [1.82, 2.24) is 0 Å². The highest BCUT2D eigenvalue weighted by Gasteiger charge is 2.11. The van der Waals surface area contributed by atoms with Crippen LogP contribution in [0.2, 0.25) is 5.02 Å². The summed E-state index contributed by atoms with van der Waals surface area (Å²) in [5.74, 6) is 0.392. The van der Waals surface area contributed by atoms with Gasteiger partial charge < -0.3 is 15.8 Å². The summed E-state index contributed by atoms with van der Waals surface area (Å²) in [6, 6.07) is 12.0. The third kappa shape index (κ3) is 3.42. The molecule has 0 aliphatic heterocycles. The molecule has 0 fully saturated rings. The predicted molar refractivity (Wildman–Crippen MR) is 81.4 cm³/mol. The van der Waals surface area contributed by atoms with Crippen molar-refractivity contribution in [3.8, 4) is 5.75 Å². The molecule has 4 nitrogen and oxygen atoms in total. The van der Waals surface area contributed by atoms with Crippen LogP contribution < -0.4 is 15.8 Å². The fraction of sp³-hybridized carbons (Fsp3) is 0.133. The van der Waals surface area contributed by atoms with Crippen LogP contribution in [0.25, 0.3) is 0 Å². The Hall–Kier alpha value is -2.20. The third-order valence-electron chi connectivity index (χ3n) is 2.66. The quantitative estimate of drug-likeness (QED) is 0.846. The van der Waals surface area contributed by atoms with Gasteiger partial charge in [0.25, 0.3) is 5.91 Å². The highest BCUT2D eigenvalue weighted by atomic mass is 35.5. The Morgan fingerprint density at radius 3 is 2.85 bits per heavy atom. The molecule has 5 heteroatoms. The molecule has 0 bridgehead atoms. The van der Waals surface area contributed by atoms with Crippen LogP contribution in [-0.4, -0.2) is 12.5 Å². The molecule has 20 heavy (non-hydrogen) atoms. The summed E-state index contributed by atoms with van der Waals surface area (Å²) in [4.78, 5) is 12.2. The van der Waals surface area contributed by atoms with E-state index in [1.165, 1.54) is 0 Å². The maximum atomic E-state index is 12.2. The molecule has 0 heterocycles. The van der Waals surface area contributed by atoms with Crippen molar-refractivity contribution in [3.05, 3.63) is 53.1 Å². The number of hydrogen-bond acceptors (Lipinski definition) is 3. The Morgan fingerprint density at radius 2 is 2.10 bits per heavy atom. The number of halogens is 1. The molecular formula is C15H15ClN2O2. The molecular weight excluding hydrogens is 276 g/mol. The minimum atomic E-state index is -0.307. The fourth-order valence-corrected chi connectivity index (χ4v) is 1.93. The van der Waals surface area contributed by atoms with E-state index in [2.05, 4.69) is 5.32 Å². The van der Waals surface area contributed by atoms with E-state index in [1.807, 2.05) is 19.1 Å². The normalized spacial score (nSPS) is 10.1. The van der Waals surface area contributed by atoms with Crippen molar-refractivity contribution in [2.75, 3.05) is 17.7 Å². The predicted octanol–water partition coefficient (Wildman–Crippen LogP) is 3.57. The van der Waals surface area contributed by atoms with Gasteiger partial charge in [0.2, 0.25) is 0 Å². The van der Waals surface area contributed by atoms with Gasteiger partial charge in [0.1, 0.15) is 5.75 Å². The number of rotatable bonds is 4. The first-order valence-corrected chi connectivity index (χ1v) is 6.57. The van der Waals surface area contributed by atoms with Crippen molar-refractivity contribution in [2.24, 2.45) is 0 Å². The number of carbonyl (C=O) groups is 1. The van der Waals surface area contributed by atoms with E-state index in [1.54, 1.807) is 30.3 Å². The largest absolute Gasteiger partial charge is 0.494 e. The van der Waals surface area contributed by atoms with E-state index in [0.29, 0.717) is 34.3 Å². The van der Waals surface area contributed by atoms with Gasteiger partial charge >= 0.3 is 0 Å². The van der Waals surface area contributed by atoms with Gasteiger partial charge in [0.05, 0.1) is 12.2 Å². The van der Waals surface area contributed by atoms with Crippen LogP contribution in [0.3, 0.4) is 0 Å². The van der Waals surface area contributed by atoms with Gasteiger partial charge in [-0.1, -0.05) is 17.7 Å². The van der Waals surface area contributed by atoms with Crippen LogP contribution in [-0.2, 0) is 0 Å². The number of nitrogens with one attached hydrogen (secondary N) is 1. The molecule has 2 rings (SSSR count). The number of anilines is 2. The van der Waals surface area contributed by atoms with Gasteiger partial charge in [-0.2, -0.15) is 0 Å². The monoisotopic (exact) mass is 290 g/mol. The first-order valence-electron chi connectivity index (χ1n) is 6.19. The Bertz CT molecular complexity index is 629. The van der Waals surface area contributed by atoms with Crippen molar-refractivity contribution in [3.63, 3.8) is 0 Å². The maximum Gasteiger partial charge on any atom is 0.257 e. The molecule has 1 amide bonds. The summed E-state index contributed by atoms with van der Waals surface area (Å²) in [7, 11) is 0. The van der Waals surface area contributed by atoms with Crippen LogP contribution in [0.1, 0.15) is 17.3 Å². The summed E-state index contributed by atoms with van der Waals surface area (Å²) < 4.78 is 5.38. The summed E-state index contributed by atoms with van der Waals surface area (Å²) in [6.07, 6.45) is 0. The minimum absolute atomic E-state index is 0.307. The van der Waals surface area contributed by atoms with Gasteiger partial charge in [-0.05, 0) is 37.3 Å². The fourth-order valence-electron chi connectivity index (χ4n) is 1.75. The zero-order chi connectivity index (χ0) is 14.5. The third-order valence-corrected chi connectivity index (χ3v) is 2.90. The number of carbonyl (C=O) groups excluding carboxylic acids is 1. The van der Waals surface area contributed by atoms with Crippen LogP contribution in [0.5, 0.6) is 5.75 Å². The summed E-state index contributed by atoms with van der Waals surface area (Å²) in [5.41, 5.74) is 7.15. The zero-order valence-electron chi connectivity index (χ0n) is 11.0. The van der Waals surface area contributed by atoms with Gasteiger partial charge in [-0.25, -0.2) is 0 Å². The van der Waals surface area contributed by atoms with Crippen molar-refractivity contribution < 1.29 is 9.53 Å². The van der Waals surface area contributed by atoms with E-state index in [9.17, 15) is 4.79 Å². The molecule has 2 aromatic rings. The smallest absolute Gasteiger partial charge is 0.257 e. The second kappa shape index (κ2) is 6.30. The number of benzene rings is 2.